The maximum atomic E-state index is 9.39. The molecule has 4 nitrogen and oxygen atoms in total. The van der Waals surface area contributed by atoms with Gasteiger partial charge in [0.1, 0.15) is 11.6 Å². The van der Waals surface area contributed by atoms with Crippen LogP contribution in [0.5, 0.6) is 0 Å². The highest BCUT2D eigenvalue weighted by Crippen LogP contribution is 2.31. The summed E-state index contributed by atoms with van der Waals surface area (Å²) in [6, 6.07) is 2.77. The fourth-order valence-electron chi connectivity index (χ4n) is 3.01. The molecule has 1 fully saturated rings. The molecule has 1 aromatic rings. The lowest BCUT2D eigenvalue weighted by Crippen LogP contribution is -2.40. The van der Waals surface area contributed by atoms with Crippen molar-refractivity contribution in [3.8, 4) is 6.07 Å². The molecule has 1 aliphatic rings. The second-order valence-electron chi connectivity index (χ2n) is 5.66. The van der Waals surface area contributed by atoms with Gasteiger partial charge < -0.3 is 4.90 Å². The van der Waals surface area contributed by atoms with Crippen molar-refractivity contribution in [3.05, 3.63) is 16.8 Å². The van der Waals surface area contributed by atoms with Gasteiger partial charge in [-0.1, -0.05) is 19.8 Å². The molecule has 102 valence electrons. The Balaban J connectivity index is 2.36. The molecule has 0 aromatic carbocycles. The summed E-state index contributed by atoms with van der Waals surface area (Å²) >= 11 is 0. The topological polar surface area (TPSA) is 52.8 Å². The molecule has 1 heterocycles. The summed E-state index contributed by atoms with van der Waals surface area (Å²) in [5, 5.41) is 17.9. The first-order chi connectivity index (χ1) is 9.06. The summed E-state index contributed by atoms with van der Waals surface area (Å²) in [6.45, 7) is 6.14. The van der Waals surface area contributed by atoms with E-state index >= 15 is 0 Å². The van der Waals surface area contributed by atoms with Gasteiger partial charge in [-0.3, -0.25) is 0 Å². The molecule has 0 amide bonds. The van der Waals surface area contributed by atoms with Gasteiger partial charge in [-0.05, 0) is 38.2 Å². The number of aromatic nitrogens is 2. The molecule has 0 radical (unpaired) electrons. The Hall–Kier alpha value is -1.63. The molecule has 1 saturated carbocycles. The van der Waals surface area contributed by atoms with Crippen LogP contribution >= 0.6 is 0 Å². The van der Waals surface area contributed by atoms with E-state index in [-0.39, 0.29) is 0 Å². The number of nitrogens with zero attached hydrogens (tertiary/aromatic N) is 4. The molecule has 1 aromatic heterocycles. The number of aryl methyl sites for hydroxylation is 1. The lowest BCUT2D eigenvalue weighted by molar-refractivity contribution is 0.320. The zero-order chi connectivity index (χ0) is 14.0. The van der Waals surface area contributed by atoms with Crippen molar-refractivity contribution in [2.45, 2.75) is 52.5 Å². The molecular formula is C15H22N4. The monoisotopic (exact) mass is 258 g/mol. The van der Waals surface area contributed by atoms with E-state index < -0.39 is 0 Å². The first kappa shape index (κ1) is 13.8. The van der Waals surface area contributed by atoms with Crippen molar-refractivity contribution in [3.63, 3.8) is 0 Å². The van der Waals surface area contributed by atoms with Gasteiger partial charge in [-0.2, -0.15) is 10.4 Å². The van der Waals surface area contributed by atoms with E-state index in [4.69, 9.17) is 0 Å². The van der Waals surface area contributed by atoms with Crippen LogP contribution < -0.4 is 4.90 Å². The SMILES string of the molecule is Cc1nnc(N(C)C2CCCCC2C)c(C#N)c1C. The molecule has 0 N–H and O–H groups in total. The third-order valence-corrected chi connectivity index (χ3v) is 4.45. The van der Waals surface area contributed by atoms with Crippen molar-refractivity contribution in [1.82, 2.24) is 10.2 Å². The molecule has 0 saturated heterocycles. The normalized spacial score (nSPS) is 22.9. The summed E-state index contributed by atoms with van der Waals surface area (Å²) in [7, 11) is 2.05. The lowest BCUT2D eigenvalue weighted by atomic mass is 9.85. The van der Waals surface area contributed by atoms with Crippen molar-refractivity contribution in [2.24, 2.45) is 5.92 Å². The third kappa shape index (κ3) is 2.56. The van der Waals surface area contributed by atoms with Crippen LogP contribution in [-0.2, 0) is 0 Å². The summed E-state index contributed by atoms with van der Waals surface area (Å²) < 4.78 is 0. The highest BCUT2D eigenvalue weighted by Gasteiger charge is 2.28. The number of rotatable bonds is 2. The van der Waals surface area contributed by atoms with Gasteiger partial charge in [0.05, 0.1) is 5.69 Å². The summed E-state index contributed by atoms with van der Waals surface area (Å²) in [5.74, 6) is 1.39. The summed E-state index contributed by atoms with van der Waals surface area (Å²) in [5.41, 5.74) is 2.46. The average Bonchev–Trinajstić information content (AvgIpc) is 2.41. The minimum Gasteiger partial charge on any atom is -0.354 e. The van der Waals surface area contributed by atoms with Gasteiger partial charge >= 0.3 is 0 Å². The highest BCUT2D eigenvalue weighted by atomic mass is 15.3. The minimum absolute atomic E-state index is 0.470. The number of anilines is 1. The van der Waals surface area contributed by atoms with Crippen LogP contribution in [0.2, 0.25) is 0 Å². The smallest absolute Gasteiger partial charge is 0.169 e. The average molecular weight is 258 g/mol. The number of hydrogen-bond donors (Lipinski definition) is 0. The quantitative estimate of drug-likeness (QED) is 0.818. The van der Waals surface area contributed by atoms with E-state index in [2.05, 4.69) is 28.1 Å². The number of nitriles is 1. The molecule has 19 heavy (non-hydrogen) atoms. The molecule has 0 aliphatic heterocycles. The summed E-state index contributed by atoms with van der Waals surface area (Å²) in [4.78, 5) is 2.17. The van der Waals surface area contributed by atoms with Crippen LogP contribution in [-0.4, -0.2) is 23.3 Å². The van der Waals surface area contributed by atoms with E-state index in [1.165, 1.54) is 25.7 Å². The van der Waals surface area contributed by atoms with E-state index in [9.17, 15) is 5.26 Å². The van der Waals surface area contributed by atoms with Gasteiger partial charge in [0, 0.05) is 13.1 Å². The van der Waals surface area contributed by atoms with Crippen LogP contribution in [0.25, 0.3) is 0 Å². The van der Waals surface area contributed by atoms with Gasteiger partial charge in [-0.25, -0.2) is 0 Å². The van der Waals surface area contributed by atoms with Crippen molar-refractivity contribution in [1.29, 1.82) is 5.26 Å². The zero-order valence-corrected chi connectivity index (χ0v) is 12.3. The minimum atomic E-state index is 0.470. The highest BCUT2D eigenvalue weighted by molar-refractivity contribution is 5.57. The Morgan fingerprint density at radius 2 is 1.89 bits per heavy atom. The fraction of sp³-hybridized carbons (Fsp3) is 0.667. The predicted molar refractivity (Wildman–Crippen MR) is 76.0 cm³/mol. The second kappa shape index (κ2) is 5.56. The van der Waals surface area contributed by atoms with Gasteiger partial charge in [0.2, 0.25) is 0 Å². The molecule has 2 rings (SSSR count). The van der Waals surface area contributed by atoms with Crippen LogP contribution in [0.15, 0.2) is 0 Å². The van der Waals surface area contributed by atoms with Gasteiger partial charge in [0.15, 0.2) is 5.82 Å². The number of hydrogen-bond acceptors (Lipinski definition) is 4. The fourth-order valence-corrected chi connectivity index (χ4v) is 3.01. The molecule has 0 spiro atoms. The van der Waals surface area contributed by atoms with Crippen molar-refractivity contribution < 1.29 is 0 Å². The Bertz CT molecular complexity index is 504. The first-order valence-electron chi connectivity index (χ1n) is 7.03. The standard InChI is InChI=1S/C15H22N4/c1-10-7-5-6-8-14(10)19(4)15-13(9-16)11(2)12(3)17-18-15/h10,14H,5-8H2,1-4H3. The molecule has 2 atom stereocenters. The van der Waals surface area contributed by atoms with E-state index in [0.29, 0.717) is 17.5 Å². The van der Waals surface area contributed by atoms with Crippen LogP contribution in [0.3, 0.4) is 0 Å². The second-order valence-corrected chi connectivity index (χ2v) is 5.66. The van der Waals surface area contributed by atoms with Gasteiger partial charge in [0.25, 0.3) is 0 Å². The lowest BCUT2D eigenvalue weighted by Gasteiger charge is -2.37. The van der Waals surface area contributed by atoms with Crippen LogP contribution in [0.1, 0.15) is 49.4 Å². The molecule has 2 unspecified atom stereocenters. The van der Waals surface area contributed by atoms with Crippen LogP contribution in [0, 0.1) is 31.1 Å². The third-order valence-electron chi connectivity index (χ3n) is 4.45. The maximum Gasteiger partial charge on any atom is 0.169 e. The largest absolute Gasteiger partial charge is 0.354 e. The predicted octanol–water partition coefficient (Wildman–Crippen LogP) is 2.98. The Morgan fingerprint density at radius 3 is 2.53 bits per heavy atom. The van der Waals surface area contributed by atoms with Crippen molar-refractivity contribution >= 4 is 5.82 Å². The maximum absolute atomic E-state index is 9.39. The Labute approximate surface area is 115 Å². The van der Waals surface area contributed by atoms with Crippen LogP contribution in [0.4, 0.5) is 5.82 Å². The van der Waals surface area contributed by atoms with Gasteiger partial charge in [-0.15, -0.1) is 5.10 Å². The van der Waals surface area contributed by atoms with Crippen molar-refractivity contribution in [2.75, 3.05) is 11.9 Å². The molecule has 1 aliphatic carbocycles. The first-order valence-corrected chi connectivity index (χ1v) is 7.03. The Kier molecular flexibility index (Phi) is 4.04. The Morgan fingerprint density at radius 1 is 1.21 bits per heavy atom. The van der Waals surface area contributed by atoms with E-state index in [0.717, 1.165) is 17.1 Å². The van der Waals surface area contributed by atoms with E-state index in [1.807, 2.05) is 20.9 Å². The molecule has 0 bridgehead atoms. The molecular weight excluding hydrogens is 236 g/mol. The zero-order valence-electron chi connectivity index (χ0n) is 12.3. The van der Waals surface area contributed by atoms with E-state index in [1.54, 1.807) is 0 Å². The summed E-state index contributed by atoms with van der Waals surface area (Å²) in [6.07, 6.45) is 5.01. The molecule has 4 heteroatoms.